The first-order valence-electron chi connectivity index (χ1n) is 5.66. The smallest absolute Gasteiger partial charge is 0.310 e. The van der Waals surface area contributed by atoms with Gasteiger partial charge in [0.25, 0.3) is 0 Å². The minimum atomic E-state index is -0.420. The van der Waals surface area contributed by atoms with Gasteiger partial charge < -0.3 is 4.74 Å². The van der Waals surface area contributed by atoms with E-state index < -0.39 is 5.60 Å². The predicted octanol–water partition coefficient (Wildman–Crippen LogP) is 3.95. The fourth-order valence-electron chi connectivity index (χ4n) is 1.68. The van der Waals surface area contributed by atoms with Gasteiger partial charge in [0, 0.05) is 4.47 Å². The van der Waals surface area contributed by atoms with Crippen LogP contribution in [-0.4, -0.2) is 11.6 Å². The number of ether oxygens (including phenoxy) is 1. The van der Waals surface area contributed by atoms with E-state index in [1.807, 2.05) is 46.8 Å². The van der Waals surface area contributed by atoms with E-state index in [0.29, 0.717) is 6.42 Å². The molecule has 0 atom stereocenters. The maximum Gasteiger partial charge on any atom is 0.310 e. The van der Waals surface area contributed by atoms with Crippen LogP contribution in [0.2, 0.25) is 0 Å². The van der Waals surface area contributed by atoms with E-state index in [4.69, 9.17) is 4.74 Å². The van der Waals surface area contributed by atoms with Crippen LogP contribution in [0.15, 0.2) is 16.6 Å². The van der Waals surface area contributed by atoms with Gasteiger partial charge in [-0.3, -0.25) is 4.79 Å². The lowest BCUT2D eigenvalue weighted by molar-refractivity contribution is -0.153. The Morgan fingerprint density at radius 3 is 2.12 bits per heavy atom. The highest BCUT2D eigenvalue weighted by atomic mass is 79.9. The number of rotatable bonds is 2. The standard InChI is InChI=1S/C14H19BrO2/c1-9-6-11(7-10(2)13(9)15)8-12(16)17-14(3,4)5/h6-7H,8H2,1-5H3. The summed E-state index contributed by atoms with van der Waals surface area (Å²) in [7, 11) is 0. The molecular formula is C14H19BrO2. The van der Waals surface area contributed by atoms with Gasteiger partial charge in [-0.05, 0) is 51.3 Å². The van der Waals surface area contributed by atoms with Crippen LogP contribution in [-0.2, 0) is 16.0 Å². The van der Waals surface area contributed by atoms with E-state index in [2.05, 4.69) is 15.9 Å². The van der Waals surface area contributed by atoms with Gasteiger partial charge in [-0.15, -0.1) is 0 Å². The fraction of sp³-hybridized carbons (Fsp3) is 0.500. The summed E-state index contributed by atoms with van der Waals surface area (Å²) in [5.74, 6) is -0.182. The van der Waals surface area contributed by atoms with Gasteiger partial charge in [-0.1, -0.05) is 28.1 Å². The van der Waals surface area contributed by atoms with Crippen molar-refractivity contribution in [3.8, 4) is 0 Å². The molecule has 94 valence electrons. The summed E-state index contributed by atoms with van der Waals surface area (Å²) in [6.45, 7) is 9.68. The normalized spacial score (nSPS) is 11.4. The molecule has 0 aromatic heterocycles. The minimum absolute atomic E-state index is 0.182. The molecule has 0 heterocycles. The quantitative estimate of drug-likeness (QED) is 0.773. The molecule has 1 aromatic rings. The van der Waals surface area contributed by atoms with Crippen LogP contribution in [0.5, 0.6) is 0 Å². The Morgan fingerprint density at radius 2 is 1.71 bits per heavy atom. The molecule has 0 bridgehead atoms. The van der Waals surface area contributed by atoms with E-state index in [0.717, 1.165) is 21.2 Å². The van der Waals surface area contributed by atoms with Crippen LogP contribution in [0.3, 0.4) is 0 Å². The van der Waals surface area contributed by atoms with Crippen molar-refractivity contribution in [1.29, 1.82) is 0 Å². The first-order valence-corrected chi connectivity index (χ1v) is 6.46. The van der Waals surface area contributed by atoms with Crippen molar-refractivity contribution in [3.63, 3.8) is 0 Å². The number of hydrogen-bond acceptors (Lipinski definition) is 2. The van der Waals surface area contributed by atoms with Crippen molar-refractivity contribution >= 4 is 21.9 Å². The van der Waals surface area contributed by atoms with Crippen molar-refractivity contribution in [3.05, 3.63) is 33.3 Å². The predicted molar refractivity (Wildman–Crippen MR) is 73.2 cm³/mol. The monoisotopic (exact) mass is 298 g/mol. The topological polar surface area (TPSA) is 26.3 Å². The molecule has 0 aliphatic rings. The maximum absolute atomic E-state index is 11.7. The lowest BCUT2D eigenvalue weighted by atomic mass is 10.0. The third-order valence-corrected chi connectivity index (χ3v) is 3.52. The number of benzene rings is 1. The highest BCUT2D eigenvalue weighted by Gasteiger charge is 2.16. The molecule has 0 radical (unpaired) electrons. The molecule has 17 heavy (non-hydrogen) atoms. The summed E-state index contributed by atoms with van der Waals surface area (Å²) in [4.78, 5) is 11.7. The summed E-state index contributed by atoms with van der Waals surface area (Å²) >= 11 is 3.51. The molecule has 0 unspecified atom stereocenters. The van der Waals surface area contributed by atoms with Crippen LogP contribution < -0.4 is 0 Å². The number of carbonyl (C=O) groups is 1. The average molecular weight is 299 g/mol. The van der Waals surface area contributed by atoms with Crippen LogP contribution in [0.25, 0.3) is 0 Å². The lowest BCUT2D eigenvalue weighted by Gasteiger charge is -2.19. The van der Waals surface area contributed by atoms with Crippen molar-refractivity contribution in [2.24, 2.45) is 0 Å². The molecule has 1 rings (SSSR count). The van der Waals surface area contributed by atoms with E-state index in [-0.39, 0.29) is 5.97 Å². The summed E-state index contributed by atoms with van der Waals surface area (Å²) in [6, 6.07) is 4.03. The molecule has 3 heteroatoms. The van der Waals surface area contributed by atoms with Crippen molar-refractivity contribution in [2.45, 2.75) is 46.6 Å². The second kappa shape index (κ2) is 5.21. The molecule has 0 amide bonds. The summed E-state index contributed by atoms with van der Waals surface area (Å²) in [6.07, 6.45) is 0.326. The SMILES string of the molecule is Cc1cc(CC(=O)OC(C)(C)C)cc(C)c1Br. The van der Waals surface area contributed by atoms with Crippen LogP contribution in [0.4, 0.5) is 0 Å². The third kappa shape index (κ3) is 4.50. The largest absolute Gasteiger partial charge is 0.460 e. The molecule has 0 saturated heterocycles. The second-order valence-electron chi connectivity index (χ2n) is 5.31. The van der Waals surface area contributed by atoms with Gasteiger partial charge in [0.15, 0.2) is 0 Å². The molecule has 0 saturated carbocycles. The third-order valence-electron chi connectivity index (χ3n) is 2.26. The Labute approximate surface area is 111 Å². The van der Waals surface area contributed by atoms with E-state index in [9.17, 15) is 4.79 Å². The van der Waals surface area contributed by atoms with Gasteiger partial charge >= 0.3 is 5.97 Å². The lowest BCUT2D eigenvalue weighted by Crippen LogP contribution is -2.24. The molecule has 0 spiro atoms. The first kappa shape index (κ1) is 14.2. The zero-order valence-electron chi connectivity index (χ0n) is 11.1. The highest BCUT2D eigenvalue weighted by Crippen LogP contribution is 2.23. The van der Waals surface area contributed by atoms with Crippen LogP contribution in [0, 0.1) is 13.8 Å². The van der Waals surface area contributed by atoms with Crippen molar-refractivity contribution in [1.82, 2.24) is 0 Å². The van der Waals surface area contributed by atoms with Crippen LogP contribution >= 0.6 is 15.9 Å². The van der Waals surface area contributed by atoms with Gasteiger partial charge in [0.1, 0.15) is 5.60 Å². The van der Waals surface area contributed by atoms with Gasteiger partial charge in [0.05, 0.1) is 6.42 Å². The maximum atomic E-state index is 11.7. The highest BCUT2D eigenvalue weighted by molar-refractivity contribution is 9.10. The van der Waals surface area contributed by atoms with E-state index in [1.54, 1.807) is 0 Å². The molecular weight excluding hydrogens is 280 g/mol. The van der Waals surface area contributed by atoms with Crippen molar-refractivity contribution < 1.29 is 9.53 Å². The summed E-state index contributed by atoms with van der Waals surface area (Å²) in [5.41, 5.74) is 2.86. The molecule has 0 N–H and O–H groups in total. The van der Waals surface area contributed by atoms with E-state index >= 15 is 0 Å². The van der Waals surface area contributed by atoms with Crippen molar-refractivity contribution in [2.75, 3.05) is 0 Å². The molecule has 0 aliphatic heterocycles. The second-order valence-corrected chi connectivity index (χ2v) is 6.10. The summed E-state index contributed by atoms with van der Waals surface area (Å²) < 4.78 is 6.40. The number of carbonyl (C=O) groups excluding carboxylic acids is 1. The Bertz CT molecular complexity index is 407. The number of esters is 1. The number of halogens is 1. The Balaban J connectivity index is 2.79. The Hall–Kier alpha value is -0.830. The Morgan fingerprint density at radius 1 is 1.24 bits per heavy atom. The minimum Gasteiger partial charge on any atom is -0.460 e. The molecule has 2 nitrogen and oxygen atoms in total. The van der Waals surface area contributed by atoms with Gasteiger partial charge in [0.2, 0.25) is 0 Å². The average Bonchev–Trinajstić information content (AvgIpc) is 2.10. The fourth-order valence-corrected chi connectivity index (χ4v) is 1.91. The molecule has 0 aliphatic carbocycles. The molecule has 1 aromatic carbocycles. The zero-order chi connectivity index (χ0) is 13.2. The first-order chi connectivity index (χ1) is 7.69. The molecule has 0 fully saturated rings. The zero-order valence-corrected chi connectivity index (χ0v) is 12.6. The summed E-state index contributed by atoms with van der Waals surface area (Å²) in [5, 5.41) is 0. The van der Waals surface area contributed by atoms with Crippen LogP contribution in [0.1, 0.15) is 37.5 Å². The van der Waals surface area contributed by atoms with Gasteiger partial charge in [-0.2, -0.15) is 0 Å². The number of aryl methyl sites for hydroxylation is 2. The number of hydrogen-bond donors (Lipinski definition) is 0. The van der Waals surface area contributed by atoms with E-state index in [1.165, 1.54) is 0 Å². The van der Waals surface area contributed by atoms with Gasteiger partial charge in [-0.25, -0.2) is 0 Å². The Kier molecular flexibility index (Phi) is 4.36.